The third-order valence-corrected chi connectivity index (χ3v) is 7.05. The normalized spacial score (nSPS) is 14.2. The molecule has 1 aliphatic rings. The lowest BCUT2D eigenvalue weighted by molar-refractivity contribution is 0.284. The zero-order chi connectivity index (χ0) is 22.2. The molecule has 32 heavy (non-hydrogen) atoms. The van der Waals surface area contributed by atoms with Crippen molar-refractivity contribution in [2.75, 3.05) is 7.11 Å². The second-order valence-corrected chi connectivity index (χ2v) is 9.16. The predicted octanol–water partition coefficient (Wildman–Crippen LogP) is 5.61. The Morgan fingerprint density at radius 2 is 1.94 bits per heavy atom. The van der Waals surface area contributed by atoms with Crippen LogP contribution in [0.25, 0.3) is 21.9 Å². The minimum Gasteiger partial charge on any atom is -0.493 e. The number of aryl methyl sites for hydroxylation is 2. The van der Waals surface area contributed by atoms with E-state index in [1.54, 1.807) is 18.4 Å². The molecule has 0 radical (unpaired) electrons. The Balaban J connectivity index is 1.50. The highest BCUT2D eigenvalue weighted by atomic mass is 32.1. The minimum absolute atomic E-state index is 0.0665. The Bertz CT molecular complexity index is 1400. The summed E-state index contributed by atoms with van der Waals surface area (Å²) in [5, 5.41) is 0.763. The molecular formula is C26H24N2O3S. The molecule has 0 aliphatic carbocycles. The molecule has 3 heterocycles. The van der Waals surface area contributed by atoms with Crippen molar-refractivity contribution in [3.63, 3.8) is 0 Å². The zero-order valence-electron chi connectivity index (χ0n) is 18.3. The van der Waals surface area contributed by atoms with Gasteiger partial charge in [0.05, 0.1) is 12.5 Å². The average Bonchev–Trinajstić information content (AvgIpc) is 3.34. The lowest BCUT2D eigenvalue weighted by Gasteiger charge is -2.12. The van der Waals surface area contributed by atoms with Crippen LogP contribution in [0.15, 0.2) is 53.3 Å². The molecule has 2 aromatic heterocycles. The summed E-state index contributed by atoms with van der Waals surface area (Å²) in [6.07, 6.45) is 2.88. The molecule has 0 N–H and O–H groups in total. The Morgan fingerprint density at radius 3 is 2.72 bits per heavy atom. The Morgan fingerprint density at radius 1 is 1.12 bits per heavy atom. The number of ether oxygens (including phenoxy) is 2. The van der Waals surface area contributed by atoms with Gasteiger partial charge in [-0.25, -0.2) is 4.98 Å². The van der Waals surface area contributed by atoms with Gasteiger partial charge in [-0.05, 0) is 60.7 Å². The number of rotatable bonds is 5. The van der Waals surface area contributed by atoms with Crippen LogP contribution in [0.3, 0.4) is 0 Å². The quantitative estimate of drug-likeness (QED) is 0.402. The molecule has 0 amide bonds. The number of fused-ring (bicyclic) bond motifs is 2. The number of hydrogen-bond donors (Lipinski definition) is 0. The van der Waals surface area contributed by atoms with Crippen LogP contribution in [-0.2, 0) is 13.2 Å². The first-order valence-electron chi connectivity index (χ1n) is 10.6. The van der Waals surface area contributed by atoms with E-state index in [1.807, 2.05) is 66.9 Å². The molecule has 0 bridgehead atoms. The summed E-state index contributed by atoms with van der Waals surface area (Å²) in [5.74, 6) is 2.15. The van der Waals surface area contributed by atoms with Crippen LogP contribution in [-0.4, -0.2) is 16.7 Å². The standard InChI is InChI=1S/C26H24N2O3S/c1-16-17(2)32-25-23(16)26(29)28-12-11-20(24(28)27-25)13-19-9-10-21(30-3)22(14-19)31-15-18-7-5-4-6-8-18/h4-10,13-14H,11-12,15H2,1-3H3. The van der Waals surface area contributed by atoms with Crippen LogP contribution in [0.5, 0.6) is 11.5 Å². The summed E-state index contributed by atoms with van der Waals surface area (Å²) < 4.78 is 13.4. The molecule has 0 spiro atoms. The molecule has 0 saturated heterocycles. The highest BCUT2D eigenvalue weighted by molar-refractivity contribution is 7.18. The van der Waals surface area contributed by atoms with E-state index in [2.05, 4.69) is 6.08 Å². The van der Waals surface area contributed by atoms with E-state index >= 15 is 0 Å². The van der Waals surface area contributed by atoms with Gasteiger partial charge in [-0.2, -0.15) is 0 Å². The van der Waals surface area contributed by atoms with Crippen molar-refractivity contribution < 1.29 is 9.47 Å². The molecule has 6 heteroatoms. The van der Waals surface area contributed by atoms with Gasteiger partial charge >= 0.3 is 0 Å². The fourth-order valence-electron chi connectivity index (χ4n) is 4.09. The number of methoxy groups -OCH3 is 1. The second kappa shape index (κ2) is 8.28. The lowest BCUT2D eigenvalue weighted by atomic mass is 10.1. The third-order valence-electron chi connectivity index (χ3n) is 5.95. The minimum atomic E-state index is 0.0665. The van der Waals surface area contributed by atoms with Crippen LogP contribution >= 0.6 is 11.3 Å². The molecule has 0 atom stereocenters. The van der Waals surface area contributed by atoms with E-state index in [0.717, 1.165) is 49.6 Å². The number of allylic oxidation sites excluding steroid dienone is 1. The number of benzene rings is 2. The Kier molecular flexibility index (Phi) is 5.31. The largest absolute Gasteiger partial charge is 0.493 e. The van der Waals surface area contributed by atoms with E-state index in [0.29, 0.717) is 24.7 Å². The molecular weight excluding hydrogens is 420 g/mol. The molecule has 0 saturated carbocycles. The average molecular weight is 445 g/mol. The van der Waals surface area contributed by atoms with Gasteiger partial charge in [0, 0.05) is 11.4 Å². The van der Waals surface area contributed by atoms with Crippen molar-refractivity contribution in [2.24, 2.45) is 0 Å². The number of aromatic nitrogens is 2. The molecule has 5 rings (SSSR count). The van der Waals surface area contributed by atoms with Crippen molar-refractivity contribution in [1.82, 2.24) is 9.55 Å². The van der Waals surface area contributed by atoms with Gasteiger partial charge in [0.25, 0.3) is 5.56 Å². The van der Waals surface area contributed by atoms with Crippen LogP contribution in [0.4, 0.5) is 0 Å². The van der Waals surface area contributed by atoms with Gasteiger partial charge in [0.1, 0.15) is 17.3 Å². The summed E-state index contributed by atoms with van der Waals surface area (Å²) in [6.45, 7) is 5.17. The smallest absolute Gasteiger partial charge is 0.262 e. The number of nitrogens with zero attached hydrogens (tertiary/aromatic N) is 2. The summed E-state index contributed by atoms with van der Waals surface area (Å²) >= 11 is 1.59. The van der Waals surface area contributed by atoms with Gasteiger partial charge in [0.15, 0.2) is 11.5 Å². The topological polar surface area (TPSA) is 53.4 Å². The van der Waals surface area contributed by atoms with E-state index < -0.39 is 0 Å². The fourth-order valence-corrected chi connectivity index (χ4v) is 5.11. The van der Waals surface area contributed by atoms with Gasteiger partial charge in [-0.1, -0.05) is 36.4 Å². The van der Waals surface area contributed by atoms with E-state index in [1.165, 1.54) is 0 Å². The number of hydrogen-bond acceptors (Lipinski definition) is 5. The van der Waals surface area contributed by atoms with Crippen LogP contribution in [0.2, 0.25) is 0 Å². The van der Waals surface area contributed by atoms with Crippen LogP contribution < -0.4 is 15.0 Å². The summed E-state index contributed by atoms with van der Waals surface area (Å²) in [4.78, 5) is 19.9. The lowest BCUT2D eigenvalue weighted by Crippen LogP contribution is -2.20. The summed E-state index contributed by atoms with van der Waals surface area (Å²) in [5.41, 5.74) is 4.26. The predicted molar refractivity (Wildman–Crippen MR) is 130 cm³/mol. The maximum absolute atomic E-state index is 13.1. The summed E-state index contributed by atoms with van der Waals surface area (Å²) in [6, 6.07) is 15.9. The van der Waals surface area contributed by atoms with E-state index in [-0.39, 0.29) is 5.56 Å². The van der Waals surface area contributed by atoms with Crippen molar-refractivity contribution in [3.05, 3.63) is 86.3 Å². The first-order valence-corrected chi connectivity index (χ1v) is 11.4. The maximum Gasteiger partial charge on any atom is 0.262 e. The number of thiophene rings is 1. The van der Waals surface area contributed by atoms with Gasteiger partial charge in [-0.3, -0.25) is 9.36 Å². The molecule has 2 aromatic carbocycles. The SMILES string of the molecule is COc1ccc(C=C2CCn3c2nc2sc(C)c(C)c2c3=O)cc1OCc1ccccc1. The van der Waals surface area contributed by atoms with E-state index in [9.17, 15) is 4.79 Å². The monoisotopic (exact) mass is 444 g/mol. The zero-order valence-corrected chi connectivity index (χ0v) is 19.2. The van der Waals surface area contributed by atoms with Crippen LogP contribution in [0, 0.1) is 13.8 Å². The van der Waals surface area contributed by atoms with E-state index in [4.69, 9.17) is 14.5 Å². The van der Waals surface area contributed by atoms with Gasteiger partial charge in [-0.15, -0.1) is 11.3 Å². The first kappa shape index (κ1) is 20.5. The van der Waals surface area contributed by atoms with Gasteiger partial charge < -0.3 is 9.47 Å². The fraction of sp³-hybridized carbons (Fsp3) is 0.231. The molecule has 5 nitrogen and oxygen atoms in total. The van der Waals surface area contributed by atoms with Crippen LogP contribution in [0.1, 0.15) is 33.8 Å². The highest BCUT2D eigenvalue weighted by Gasteiger charge is 2.23. The van der Waals surface area contributed by atoms with Crippen molar-refractivity contribution in [1.29, 1.82) is 0 Å². The molecule has 4 aromatic rings. The Hall–Kier alpha value is -3.38. The first-order chi connectivity index (χ1) is 15.5. The second-order valence-electron chi connectivity index (χ2n) is 7.96. The Labute approximate surface area is 190 Å². The van der Waals surface area contributed by atoms with Gasteiger partial charge in [0.2, 0.25) is 0 Å². The van der Waals surface area contributed by atoms with Crippen molar-refractivity contribution in [2.45, 2.75) is 33.4 Å². The third kappa shape index (κ3) is 3.60. The van der Waals surface area contributed by atoms with Crippen molar-refractivity contribution in [3.8, 4) is 11.5 Å². The molecule has 0 fully saturated rings. The maximum atomic E-state index is 13.1. The molecule has 1 aliphatic heterocycles. The highest BCUT2D eigenvalue weighted by Crippen LogP contribution is 2.34. The molecule has 0 unspecified atom stereocenters. The summed E-state index contributed by atoms with van der Waals surface area (Å²) in [7, 11) is 1.64. The molecule has 162 valence electrons. The van der Waals surface area contributed by atoms with Crippen molar-refractivity contribution >= 4 is 33.2 Å².